The molecule has 2 heterocycles. The number of piperazine rings is 2. The van der Waals surface area contributed by atoms with E-state index in [-0.39, 0.29) is 5.54 Å². The first-order valence-corrected chi connectivity index (χ1v) is 9.57. The second-order valence-electron chi connectivity index (χ2n) is 9.49. The van der Waals surface area contributed by atoms with E-state index in [1.165, 1.54) is 39.0 Å². The van der Waals surface area contributed by atoms with Gasteiger partial charge in [-0.25, -0.2) is 0 Å². The molecule has 23 heavy (non-hydrogen) atoms. The molecule has 0 aromatic rings. The van der Waals surface area contributed by atoms with Gasteiger partial charge in [0.1, 0.15) is 0 Å². The fourth-order valence-corrected chi connectivity index (χ4v) is 4.13. The average Bonchev–Trinajstić information content (AvgIpc) is 2.44. The van der Waals surface area contributed by atoms with Crippen molar-refractivity contribution in [2.24, 2.45) is 0 Å². The molecule has 136 valence electrons. The zero-order valence-electron chi connectivity index (χ0n) is 16.6. The molecule has 4 nitrogen and oxygen atoms in total. The summed E-state index contributed by atoms with van der Waals surface area (Å²) in [7, 11) is 0. The monoisotopic (exact) mass is 324 g/mol. The van der Waals surface area contributed by atoms with Gasteiger partial charge in [0.2, 0.25) is 0 Å². The summed E-state index contributed by atoms with van der Waals surface area (Å²) in [6, 6.07) is 1.84. The lowest BCUT2D eigenvalue weighted by Crippen LogP contribution is -2.61. The maximum atomic E-state index is 3.74. The van der Waals surface area contributed by atoms with Gasteiger partial charge in [0, 0.05) is 61.9 Å². The van der Waals surface area contributed by atoms with Crippen molar-refractivity contribution in [3.63, 3.8) is 0 Å². The van der Waals surface area contributed by atoms with Gasteiger partial charge >= 0.3 is 0 Å². The molecule has 0 amide bonds. The predicted octanol–water partition coefficient (Wildman–Crippen LogP) is 2.30. The first-order valence-electron chi connectivity index (χ1n) is 9.57. The fraction of sp³-hybridized carbons (Fsp3) is 1.00. The Morgan fingerprint density at radius 1 is 0.913 bits per heavy atom. The highest BCUT2D eigenvalue weighted by molar-refractivity contribution is 4.92. The Hall–Kier alpha value is -0.160. The van der Waals surface area contributed by atoms with Crippen LogP contribution in [0, 0.1) is 0 Å². The summed E-state index contributed by atoms with van der Waals surface area (Å²) in [6.07, 6.45) is 2.54. The zero-order chi connectivity index (χ0) is 17.3. The highest BCUT2D eigenvalue weighted by atomic mass is 15.3. The topological polar surface area (TPSA) is 30.5 Å². The summed E-state index contributed by atoms with van der Waals surface area (Å²) >= 11 is 0. The van der Waals surface area contributed by atoms with E-state index in [9.17, 15) is 0 Å². The minimum absolute atomic E-state index is 0.288. The third-order valence-corrected chi connectivity index (χ3v) is 5.72. The van der Waals surface area contributed by atoms with Crippen LogP contribution < -0.4 is 10.6 Å². The quantitative estimate of drug-likeness (QED) is 0.831. The van der Waals surface area contributed by atoms with Crippen molar-refractivity contribution in [2.45, 2.75) is 90.5 Å². The van der Waals surface area contributed by atoms with Crippen LogP contribution in [-0.2, 0) is 0 Å². The summed E-state index contributed by atoms with van der Waals surface area (Å²) in [5.41, 5.74) is 0.579. The minimum Gasteiger partial charge on any atom is -0.311 e. The van der Waals surface area contributed by atoms with E-state index in [0.717, 1.165) is 6.54 Å². The Labute approximate surface area is 144 Å². The standard InChI is InChI=1S/C19H40N4/c1-15-12-23(13-16(2)21-15)19(6,7)9-8-17-14-22(11-10-20-17)18(3,4)5/h15-17,20-21H,8-14H2,1-7H3/t15-,16+,17-/m0/s1. The van der Waals surface area contributed by atoms with Gasteiger partial charge in [-0.1, -0.05) is 0 Å². The summed E-state index contributed by atoms with van der Waals surface area (Å²) in [4.78, 5) is 5.33. The molecular weight excluding hydrogens is 284 g/mol. The van der Waals surface area contributed by atoms with E-state index in [1.54, 1.807) is 0 Å². The van der Waals surface area contributed by atoms with Gasteiger partial charge in [-0.05, 0) is 61.3 Å². The summed E-state index contributed by atoms with van der Waals surface area (Å²) in [5.74, 6) is 0. The molecular formula is C19H40N4. The van der Waals surface area contributed by atoms with E-state index in [1.807, 2.05) is 0 Å². The van der Waals surface area contributed by atoms with Crippen LogP contribution in [0.15, 0.2) is 0 Å². The lowest BCUT2D eigenvalue weighted by molar-refractivity contribution is 0.0494. The van der Waals surface area contributed by atoms with Crippen LogP contribution in [0.4, 0.5) is 0 Å². The van der Waals surface area contributed by atoms with E-state index >= 15 is 0 Å². The fourth-order valence-electron chi connectivity index (χ4n) is 4.13. The van der Waals surface area contributed by atoms with Crippen molar-refractivity contribution < 1.29 is 0 Å². The summed E-state index contributed by atoms with van der Waals surface area (Å²) in [6.45, 7) is 22.3. The van der Waals surface area contributed by atoms with Crippen LogP contribution in [0.25, 0.3) is 0 Å². The van der Waals surface area contributed by atoms with Crippen LogP contribution in [0.5, 0.6) is 0 Å². The maximum Gasteiger partial charge on any atom is 0.0196 e. The lowest BCUT2D eigenvalue weighted by Gasteiger charge is -2.47. The average molecular weight is 325 g/mol. The Morgan fingerprint density at radius 3 is 2.09 bits per heavy atom. The molecule has 0 aromatic carbocycles. The smallest absolute Gasteiger partial charge is 0.0196 e. The first-order chi connectivity index (χ1) is 10.6. The van der Waals surface area contributed by atoms with Crippen LogP contribution in [0.3, 0.4) is 0 Å². The molecule has 2 aliphatic rings. The molecule has 2 rings (SSSR count). The molecule has 2 saturated heterocycles. The molecule has 3 atom stereocenters. The van der Waals surface area contributed by atoms with Crippen LogP contribution >= 0.6 is 0 Å². The van der Waals surface area contributed by atoms with E-state index in [0.29, 0.717) is 23.7 Å². The van der Waals surface area contributed by atoms with Crippen LogP contribution in [0.1, 0.15) is 61.3 Å². The van der Waals surface area contributed by atoms with Gasteiger partial charge in [0.15, 0.2) is 0 Å². The van der Waals surface area contributed by atoms with Crippen molar-refractivity contribution in [2.75, 3.05) is 32.7 Å². The molecule has 0 radical (unpaired) electrons. The predicted molar refractivity (Wildman–Crippen MR) is 100 cm³/mol. The summed E-state index contributed by atoms with van der Waals surface area (Å²) in [5, 5.41) is 7.39. The molecule has 0 aromatic heterocycles. The van der Waals surface area contributed by atoms with Gasteiger partial charge in [-0.2, -0.15) is 0 Å². The lowest BCUT2D eigenvalue weighted by atomic mass is 9.90. The largest absolute Gasteiger partial charge is 0.311 e. The number of hydrogen-bond donors (Lipinski definition) is 2. The third kappa shape index (κ3) is 5.42. The molecule has 0 saturated carbocycles. The molecule has 0 unspecified atom stereocenters. The first kappa shape index (κ1) is 19.2. The summed E-state index contributed by atoms with van der Waals surface area (Å²) < 4.78 is 0. The molecule has 2 fully saturated rings. The van der Waals surface area contributed by atoms with Crippen molar-refractivity contribution in [3.8, 4) is 0 Å². The maximum absolute atomic E-state index is 3.74. The number of hydrogen-bond acceptors (Lipinski definition) is 4. The number of nitrogens with zero attached hydrogens (tertiary/aromatic N) is 2. The number of nitrogens with one attached hydrogen (secondary N) is 2. The molecule has 0 spiro atoms. The zero-order valence-corrected chi connectivity index (χ0v) is 16.6. The van der Waals surface area contributed by atoms with Gasteiger partial charge in [-0.3, -0.25) is 9.80 Å². The normalized spacial score (nSPS) is 32.2. The highest BCUT2D eigenvalue weighted by Gasteiger charge is 2.34. The molecule has 0 bridgehead atoms. The van der Waals surface area contributed by atoms with E-state index in [2.05, 4.69) is 68.9 Å². The Kier molecular flexibility index (Phi) is 6.15. The van der Waals surface area contributed by atoms with E-state index < -0.39 is 0 Å². The Morgan fingerprint density at radius 2 is 1.52 bits per heavy atom. The van der Waals surface area contributed by atoms with Gasteiger partial charge in [-0.15, -0.1) is 0 Å². The van der Waals surface area contributed by atoms with Crippen molar-refractivity contribution in [1.82, 2.24) is 20.4 Å². The minimum atomic E-state index is 0.288. The van der Waals surface area contributed by atoms with Crippen molar-refractivity contribution in [1.29, 1.82) is 0 Å². The van der Waals surface area contributed by atoms with Crippen LogP contribution in [-0.4, -0.2) is 71.7 Å². The number of rotatable bonds is 4. The van der Waals surface area contributed by atoms with Crippen LogP contribution in [0.2, 0.25) is 0 Å². The third-order valence-electron chi connectivity index (χ3n) is 5.72. The highest BCUT2D eigenvalue weighted by Crippen LogP contribution is 2.25. The molecule has 0 aliphatic carbocycles. The van der Waals surface area contributed by atoms with Gasteiger partial charge in [0.05, 0.1) is 0 Å². The van der Waals surface area contributed by atoms with E-state index in [4.69, 9.17) is 0 Å². The molecule has 2 aliphatic heterocycles. The van der Waals surface area contributed by atoms with Gasteiger partial charge in [0.25, 0.3) is 0 Å². The molecule has 2 N–H and O–H groups in total. The van der Waals surface area contributed by atoms with Gasteiger partial charge < -0.3 is 10.6 Å². The van der Waals surface area contributed by atoms with Crippen molar-refractivity contribution >= 4 is 0 Å². The SMILES string of the molecule is C[C@@H]1CN(C(C)(C)CC[C@H]2CN(C(C)(C)C)CCN2)C[C@H](C)N1. The second-order valence-corrected chi connectivity index (χ2v) is 9.49. The van der Waals surface area contributed by atoms with Crippen molar-refractivity contribution in [3.05, 3.63) is 0 Å². The Balaban J connectivity index is 1.86. The molecule has 4 heteroatoms. The second kappa shape index (κ2) is 7.38. The Bertz CT molecular complexity index is 364.